The van der Waals surface area contributed by atoms with Gasteiger partial charge in [-0.3, -0.25) is 0 Å². The molecule has 148 valence electrons. The predicted octanol–water partition coefficient (Wildman–Crippen LogP) is 5.22. The minimum Gasteiger partial charge on any atom is -0.497 e. The van der Waals surface area contributed by atoms with Crippen LogP contribution < -0.4 is 4.74 Å². The van der Waals surface area contributed by atoms with Crippen LogP contribution in [0, 0.1) is 5.92 Å². The van der Waals surface area contributed by atoms with Crippen molar-refractivity contribution >= 4 is 14.6 Å². The summed E-state index contributed by atoms with van der Waals surface area (Å²) in [6, 6.07) is 7.90. The number of carbonyl (C=O) groups excluding carboxylic acids is 1. The van der Waals surface area contributed by atoms with Gasteiger partial charge in [0.25, 0.3) is 0 Å². The van der Waals surface area contributed by atoms with E-state index in [0.717, 1.165) is 30.4 Å². The van der Waals surface area contributed by atoms with Crippen molar-refractivity contribution in [2.75, 3.05) is 13.7 Å². The molecule has 5 heteroatoms. The van der Waals surface area contributed by atoms with Crippen molar-refractivity contribution in [3.8, 4) is 5.75 Å². The van der Waals surface area contributed by atoms with Crippen molar-refractivity contribution in [1.29, 1.82) is 0 Å². The van der Waals surface area contributed by atoms with Gasteiger partial charge in [0.05, 0.1) is 19.8 Å². The number of hydrogen-bond donors (Lipinski definition) is 0. The van der Waals surface area contributed by atoms with Gasteiger partial charge in [0.15, 0.2) is 8.32 Å². The summed E-state index contributed by atoms with van der Waals surface area (Å²) in [5.41, 5.74) is 1.13. The van der Waals surface area contributed by atoms with E-state index in [1.54, 1.807) is 7.11 Å². The maximum atomic E-state index is 11.3. The highest BCUT2D eigenvalue weighted by molar-refractivity contribution is 6.74. The number of rotatable bonds is 11. The van der Waals surface area contributed by atoms with Gasteiger partial charge in [0.1, 0.15) is 12.0 Å². The summed E-state index contributed by atoms with van der Waals surface area (Å²) < 4.78 is 17.4. The van der Waals surface area contributed by atoms with Gasteiger partial charge in [-0.25, -0.2) is 0 Å². The molecule has 0 aromatic heterocycles. The van der Waals surface area contributed by atoms with E-state index in [-0.39, 0.29) is 17.1 Å². The monoisotopic (exact) mass is 380 g/mol. The molecule has 0 aliphatic carbocycles. The van der Waals surface area contributed by atoms with Crippen LogP contribution in [-0.4, -0.2) is 34.4 Å². The Hall–Kier alpha value is -1.17. The van der Waals surface area contributed by atoms with Crippen LogP contribution in [0.3, 0.4) is 0 Å². The molecule has 0 unspecified atom stereocenters. The Labute approximate surface area is 160 Å². The molecule has 0 heterocycles. The standard InChI is InChI=1S/C21H36O4Si/c1-17(15-22)20(25-26(6,7)21(2,3)4)9-8-14-24-16-18-10-12-19(23-5)13-11-18/h10-13,15,17,20H,8-9,14,16H2,1-7H3/t17-,20-/m0/s1. The summed E-state index contributed by atoms with van der Waals surface area (Å²) in [6.07, 6.45) is 2.71. The summed E-state index contributed by atoms with van der Waals surface area (Å²) in [6.45, 7) is 14.3. The van der Waals surface area contributed by atoms with Crippen molar-refractivity contribution < 1.29 is 18.7 Å². The molecule has 4 nitrogen and oxygen atoms in total. The molecule has 26 heavy (non-hydrogen) atoms. The third-order valence-electron chi connectivity index (χ3n) is 5.26. The molecule has 0 saturated heterocycles. The van der Waals surface area contributed by atoms with Crippen molar-refractivity contribution in [2.45, 2.75) is 71.4 Å². The Kier molecular flexibility index (Phi) is 9.00. The Bertz CT molecular complexity index is 534. The van der Waals surface area contributed by atoms with E-state index >= 15 is 0 Å². The second kappa shape index (κ2) is 10.2. The number of carbonyl (C=O) groups is 1. The second-order valence-electron chi connectivity index (χ2n) is 8.45. The van der Waals surface area contributed by atoms with E-state index in [9.17, 15) is 4.79 Å². The molecule has 0 bridgehead atoms. The average molecular weight is 381 g/mol. The van der Waals surface area contributed by atoms with Crippen molar-refractivity contribution in [1.82, 2.24) is 0 Å². The van der Waals surface area contributed by atoms with Crippen LogP contribution in [0.5, 0.6) is 5.75 Å². The molecule has 0 spiro atoms. The third-order valence-corrected chi connectivity index (χ3v) is 9.76. The molecule has 0 aliphatic heterocycles. The average Bonchev–Trinajstić information content (AvgIpc) is 2.59. The lowest BCUT2D eigenvalue weighted by molar-refractivity contribution is -0.113. The van der Waals surface area contributed by atoms with E-state index in [4.69, 9.17) is 13.9 Å². The van der Waals surface area contributed by atoms with Gasteiger partial charge in [0.2, 0.25) is 0 Å². The van der Waals surface area contributed by atoms with Crippen LogP contribution in [0.15, 0.2) is 24.3 Å². The van der Waals surface area contributed by atoms with Gasteiger partial charge >= 0.3 is 0 Å². The fraction of sp³-hybridized carbons (Fsp3) is 0.667. The molecule has 0 aliphatic rings. The molecule has 1 aromatic carbocycles. The molecule has 0 saturated carbocycles. The van der Waals surface area contributed by atoms with Crippen LogP contribution in [-0.2, 0) is 20.6 Å². The SMILES string of the molecule is COc1ccc(COCCC[C@H](O[Si](C)(C)C(C)(C)C)[C@@H](C)C=O)cc1. The molecule has 2 atom stereocenters. The molecule has 0 fully saturated rings. The number of methoxy groups -OCH3 is 1. The lowest BCUT2D eigenvalue weighted by Crippen LogP contribution is -2.45. The van der Waals surface area contributed by atoms with Gasteiger partial charge in [0, 0.05) is 12.5 Å². The Morgan fingerprint density at radius 2 is 1.77 bits per heavy atom. The Morgan fingerprint density at radius 3 is 2.27 bits per heavy atom. The van der Waals surface area contributed by atoms with Crippen molar-refractivity contribution in [2.24, 2.45) is 5.92 Å². The largest absolute Gasteiger partial charge is 0.497 e. The van der Waals surface area contributed by atoms with E-state index < -0.39 is 8.32 Å². The summed E-state index contributed by atoms with van der Waals surface area (Å²) in [5.74, 6) is 0.757. The van der Waals surface area contributed by atoms with Gasteiger partial charge in [-0.15, -0.1) is 0 Å². The van der Waals surface area contributed by atoms with Gasteiger partial charge in [-0.1, -0.05) is 39.8 Å². The van der Waals surface area contributed by atoms with Crippen LogP contribution in [0.1, 0.15) is 46.1 Å². The first-order valence-electron chi connectivity index (χ1n) is 9.44. The predicted molar refractivity (Wildman–Crippen MR) is 109 cm³/mol. The fourth-order valence-corrected chi connectivity index (χ4v) is 3.81. The van der Waals surface area contributed by atoms with E-state index in [1.165, 1.54) is 0 Å². The third kappa shape index (κ3) is 7.21. The highest BCUT2D eigenvalue weighted by atomic mass is 28.4. The number of ether oxygens (including phenoxy) is 2. The van der Waals surface area contributed by atoms with Crippen molar-refractivity contribution in [3.63, 3.8) is 0 Å². The van der Waals surface area contributed by atoms with E-state index in [2.05, 4.69) is 33.9 Å². The maximum absolute atomic E-state index is 11.3. The second-order valence-corrected chi connectivity index (χ2v) is 13.2. The number of hydrogen-bond acceptors (Lipinski definition) is 4. The lowest BCUT2D eigenvalue weighted by Gasteiger charge is -2.40. The van der Waals surface area contributed by atoms with Crippen LogP contribution >= 0.6 is 0 Å². The molecule has 0 amide bonds. The molecule has 0 radical (unpaired) electrons. The van der Waals surface area contributed by atoms with Gasteiger partial charge < -0.3 is 18.7 Å². The van der Waals surface area contributed by atoms with Gasteiger partial charge in [-0.2, -0.15) is 0 Å². The quantitative estimate of drug-likeness (QED) is 0.300. The molecule has 1 aromatic rings. The highest BCUT2D eigenvalue weighted by Crippen LogP contribution is 2.38. The van der Waals surface area contributed by atoms with Crippen LogP contribution in [0.2, 0.25) is 18.1 Å². The molecular weight excluding hydrogens is 344 g/mol. The normalized spacial score (nSPS) is 14.7. The van der Waals surface area contributed by atoms with Crippen LogP contribution in [0.4, 0.5) is 0 Å². The number of aldehydes is 1. The smallest absolute Gasteiger partial charge is 0.192 e. The minimum absolute atomic E-state index is 0.0296. The first-order chi connectivity index (χ1) is 12.1. The Morgan fingerprint density at radius 1 is 1.15 bits per heavy atom. The Balaban J connectivity index is 2.45. The topological polar surface area (TPSA) is 44.8 Å². The summed E-state index contributed by atoms with van der Waals surface area (Å²) >= 11 is 0. The first kappa shape index (κ1) is 22.9. The highest BCUT2D eigenvalue weighted by Gasteiger charge is 2.39. The molecular formula is C21H36O4Si. The maximum Gasteiger partial charge on any atom is 0.192 e. The summed E-state index contributed by atoms with van der Waals surface area (Å²) in [5, 5.41) is 0.138. The zero-order chi connectivity index (χ0) is 19.8. The van der Waals surface area contributed by atoms with Crippen LogP contribution in [0.25, 0.3) is 0 Å². The van der Waals surface area contributed by atoms with Gasteiger partial charge in [-0.05, 0) is 48.7 Å². The first-order valence-corrected chi connectivity index (χ1v) is 12.4. The molecule has 0 N–H and O–H groups in total. The number of benzene rings is 1. The zero-order valence-corrected chi connectivity index (χ0v) is 18.5. The minimum atomic E-state index is -1.89. The van der Waals surface area contributed by atoms with E-state index in [0.29, 0.717) is 13.2 Å². The summed E-state index contributed by atoms with van der Waals surface area (Å²) in [4.78, 5) is 11.3. The fourth-order valence-electron chi connectivity index (χ4n) is 2.37. The lowest BCUT2D eigenvalue weighted by atomic mass is 10.0. The van der Waals surface area contributed by atoms with Crippen molar-refractivity contribution in [3.05, 3.63) is 29.8 Å². The van der Waals surface area contributed by atoms with E-state index in [1.807, 2.05) is 31.2 Å². The summed E-state index contributed by atoms with van der Waals surface area (Å²) in [7, 11) is -0.228. The molecule has 1 rings (SSSR count). The zero-order valence-electron chi connectivity index (χ0n) is 17.5.